The van der Waals surface area contributed by atoms with E-state index >= 15 is 0 Å². The van der Waals surface area contributed by atoms with Crippen LogP contribution < -0.4 is 0 Å². The summed E-state index contributed by atoms with van der Waals surface area (Å²) >= 11 is 3.57. The first kappa shape index (κ1) is 13.3. The molecule has 0 bridgehead atoms. The van der Waals surface area contributed by atoms with Crippen molar-refractivity contribution in [1.29, 1.82) is 0 Å². The zero-order valence-corrected chi connectivity index (χ0v) is 12.9. The molecule has 3 nitrogen and oxygen atoms in total. The maximum atomic E-state index is 9.78. The molecule has 2 heterocycles. The minimum absolute atomic E-state index is 0.601. The molecular formula is C14H18N2OS2. The van der Waals surface area contributed by atoms with E-state index in [4.69, 9.17) is 0 Å². The van der Waals surface area contributed by atoms with Crippen LogP contribution in [0.5, 0.6) is 0 Å². The van der Waals surface area contributed by atoms with E-state index in [2.05, 4.69) is 9.97 Å². The van der Waals surface area contributed by atoms with Gasteiger partial charge in [-0.25, -0.2) is 9.97 Å². The number of hydrogen-bond donors (Lipinski definition) is 1. The molecule has 0 fully saturated rings. The van der Waals surface area contributed by atoms with Gasteiger partial charge >= 0.3 is 0 Å². The number of rotatable bonds is 4. The Hall–Kier alpha value is -0.650. The predicted octanol–water partition coefficient (Wildman–Crippen LogP) is 3.43. The van der Waals surface area contributed by atoms with E-state index in [0.29, 0.717) is 0 Å². The van der Waals surface area contributed by atoms with Gasteiger partial charge in [-0.2, -0.15) is 0 Å². The molecule has 2 aromatic heterocycles. The van der Waals surface area contributed by atoms with Crippen LogP contribution in [-0.2, 0) is 12.8 Å². The second kappa shape index (κ2) is 5.04. The Kier molecular flexibility index (Phi) is 3.53. The van der Waals surface area contributed by atoms with Gasteiger partial charge in [0, 0.05) is 16.0 Å². The summed E-state index contributed by atoms with van der Waals surface area (Å²) in [6, 6.07) is 0. The highest BCUT2D eigenvalue weighted by molar-refractivity contribution is 7.99. The summed E-state index contributed by atoms with van der Waals surface area (Å²) in [6.07, 6.45) is 6.07. The van der Waals surface area contributed by atoms with Gasteiger partial charge in [0.15, 0.2) is 0 Å². The molecule has 0 amide bonds. The van der Waals surface area contributed by atoms with Crippen molar-refractivity contribution in [3.63, 3.8) is 0 Å². The average Bonchev–Trinajstić information content (AvgIpc) is 2.86. The lowest BCUT2D eigenvalue weighted by Gasteiger charge is -2.16. The Balaban J connectivity index is 1.87. The maximum absolute atomic E-state index is 9.78. The maximum Gasteiger partial charge on any atom is 0.128 e. The molecule has 0 unspecified atom stereocenters. The highest BCUT2D eigenvalue weighted by atomic mass is 32.2. The van der Waals surface area contributed by atoms with E-state index in [9.17, 15) is 5.11 Å². The van der Waals surface area contributed by atoms with Gasteiger partial charge in [0.2, 0.25) is 0 Å². The van der Waals surface area contributed by atoms with E-state index in [-0.39, 0.29) is 0 Å². The molecule has 3 rings (SSSR count). The molecule has 0 saturated carbocycles. The van der Waals surface area contributed by atoms with Crippen molar-refractivity contribution < 1.29 is 5.11 Å². The molecule has 0 aromatic carbocycles. The van der Waals surface area contributed by atoms with Crippen molar-refractivity contribution in [2.45, 2.75) is 50.2 Å². The average molecular weight is 294 g/mol. The van der Waals surface area contributed by atoms with Crippen molar-refractivity contribution in [3.05, 3.63) is 16.8 Å². The van der Waals surface area contributed by atoms with Crippen LogP contribution in [0.25, 0.3) is 10.2 Å². The van der Waals surface area contributed by atoms with Gasteiger partial charge in [-0.05, 0) is 45.1 Å². The van der Waals surface area contributed by atoms with Gasteiger partial charge in [0.25, 0.3) is 0 Å². The standard InChI is InChI=1S/C14H18N2OS2/c1-14(2,17)6-7-18-12-11-9-4-3-5-10(9)19-13(11)16-8-15-12/h8,17H,3-7H2,1-2H3. The van der Waals surface area contributed by atoms with Crippen LogP contribution in [0, 0.1) is 0 Å². The lowest BCUT2D eigenvalue weighted by Crippen LogP contribution is -2.19. The van der Waals surface area contributed by atoms with Gasteiger partial charge in [-0.3, -0.25) is 0 Å². The van der Waals surface area contributed by atoms with Crippen molar-refractivity contribution in [2.24, 2.45) is 0 Å². The van der Waals surface area contributed by atoms with Crippen LogP contribution in [0.4, 0.5) is 0 Å². The molecule has 0 radical (unpaired) electrons. The molecule has 102 valence electrons. The number of hydrogen-bond acceptors (Lipinski definition) is 5. The number of thiophene rings is 1. The molecule has 0 saturated heterocycles. The van der Waals surface area contributed by atoms with E-state index in [0.717, 1.165) is 22.0 Å². The molecule has 0 atom stereocenters. The summed E-state index contributed by atoms with van der Waals surface area (Å²) in [6.45, 7) is 3.71. The molecule has 1 N–H and O–H groups in total. The van der Waals surface area contributed by atoms with Crippen LogP contribution in [0.1, 0.15) is 37.1 Å². The smallest absolute Gasteiger partial charge is 0.128 e. The number of aryl methyl sites for hydroxylation is 2. The predicted molar refractivity (Wildman–Crippen MR) is 81.1 cm³/mol. The van der Waals surface area contributed by atoms with Gasteiger partial charge in [0.1, 0.15) is 16.2 Å². The van der Waals surface area contributed by atoms with Crippen molar-refractivity contribution in [3.8, 4) is 0 Å². The third-order valence-electron chi connectivity index (χ3n) is 3.42. The van der Waals surface area contributed by atoms with Crippen LogP contribution in [0.2, 0.25) is 0 Å². The normalized spacial score (nSPS) is 15.1. The number of thioether (sulfide) groups is 1. The second-order valence-electron chi connectivity index (χ2n) is 5.63. The molecular weight excluding hydrogens is 276 g/mol. The number of aromatic nitrogens is 2. The zero-order valence-electron chi connectivity index (χ0n) is 11.3. The fraction of sp³-hybridized carbons (Fsp3) is 0.571. The van der Waals surface area contributed by atoms with Crippen molar-refractivity contribution >= 4 is 33.3 Å². The van der Waals surface area contributed by atoms with E-state index < -0.39 is 5.60 Å². The second-order valence-corrected chi connectivity index (χ2v) is 7.79. The molecule has 2 aromatic rings. The summed E-state index contributed by atoms with van der Waals surface area (Å²) in [7, 11) is 0. The Morgan fingerprint density at radius 1 is 1.37 bits per heavy atom. The molecule has 1 aliphatic rings. The van der Waals surface area contributed by atoms with Gasteiger partial charge in [-0.1, -0.05) is 0 Å². The van der Waals surface area contributed by atoms with Gasteiger partial charge < -0.3 is 5.11 Å². The first-order valence-electron chi connectivity index (χ1n) is 6.65. The molecule has 1 aliphatic carbocycles. The third-order valence-corrected chi connectivity index (χ3v) is 5.61. The number of fused-ring (bicyclic) bond motifs is 3. The summed E-state index contributed by atoms with van der Waals surface area (Å²) in [5.74, 6) is 0.889. The molecule has 19 heavy (non-hydrogen) atoms. The molecule has 0 spiro atoms. The first-order chi connectivity index (χ1) is 9.04. The van der Waals surface area contributed by atoms with Crippen molar-refractivity contribution in [2.75, 3.05) is 5.75 Å². The Morgan fingerprint density at radius 3 is 3.00 bits per heavy atom. The van der Waals surface area contributed by atoms with E-state index in [1.165, 1.54) is 35.1 Å². The molecule has 0 aliphatic heterocycles. The first-order valence-corrected chi connectivity index (χ1v) is 8.45. The Bertz CT molecular complexity index is 601. The van der Waals surface area contributed by atoms with Gasteiger partial charge in [-0.15, -0.1) is 23.1 Å². The number of nitrogens with zero attached hydrogens (tertiary/aromatic N) is 2. The lowest BCUT2D eigenvalue weighted by atomic mass is 10.1. The topological polar surface area (TPSA) is 46.0 Å². The van der Waals surface area contributed by atoms with E-state index in [1.54, 1.807) is 18.1 Å². The zero-order chi connectivity index (χ0) is 13.5. The van der Waals surface area contributed by atoms with Crippen LogP contribution in [-0.4, -0.2) is 26.4 Å². The van der Waals surface area contributed by atoms with Crippen LogP contribution >= 0.6 is 23.1 Å². The molecule has 5 heteroatoms. The fourth-order valence-corrected chi connectivity index (χ4v) is 4.98. The van der Waals surface area contributed by atoms with Crippen LogP contribution in [0.3, 0.4) is 0 Å². The minimum atomic E-state index is -0.601. The quantitative estimate of drug-likeness (QED) is 0.693. The highest BCUT2D eigenvalue weighted by Gasteiger charge is 2.21. The Morgan fingerprint density at radius 2 is 2.21 bits per heavy atom. The largest absolute Gasteiger partial charge is 0.390 e. The minimum Gasteiger partial charge on any atom is -0.390 e. The van der Waals surface area contributed by atoms with Crippen molar-refractivity contribution in [1.82, 2.24) is 9.97 Å². The lowest BCUT2D eigenvalue weighted by molar-refractivity contribution is 0.0777. The fourth-order valence-electron chi connectivity index (χ4n) is 2.41. The monoisotopic (exact) mass is 294 g/mol. The Labute approximate surface area is 121 Å². The summed E-state index contributed by atoms with van der Waals surface area (Å²) in [5.41, 5.74) is 0.877. The SMILES string of the molecule is CC(C)(O)CCSc1ncnc2sc3c(c12)CCC3. The van der Waals surface area contributed by atoms with Gasteiger partial charge in [0.05, 0.1) is 5.60 Å². The van der Waals surface area contributed by atoms with Crippen LogP contribution in [0.15, 0.2) is 11.4 Å². The summed E-state index contributed by atoms with van der Waals surface area (Å²) in [5, 5.41) is 12.1. The number of aliphatic hydroxyl groups is 1. The van der Waals surface area contributed by atoms with E-state index in [1.807, 2.05) is 25.2 Å². The summed E-state index contributed by atoms with van der Waals surface area (Å²) in [4.78, 5) is 11.5. The summed E-state index contributed by atoms with van der Waals surface area (Å²) < 4.78 is 0. The third kappa shape index (κ3) is 2.78. The highest BCUT2D eigenvalue weighted by Crippen LogP contribution is 2.40.